The van der Waals surface area contributed by atoms with Crippen LogP contribution in [0.2, 0.25) is 0 Å². The largest absolute Gasteiger partial charge is 0.337 e. The molecule has 2 aliphatic heterocycles. The van der Waals surface area contributed by atoms with Gasteiger partial charge in [0.05, 0.1) is 0 Å². The third kappa shape index (κ3) is 1.33. The molecule has 4 atom stereocenters. The first-order valence-corrected chi connectivity index (χ1v) is 6.54. The van der Waals surface area contributed by atoms with Crippen molar-refractivity contribution >= 4 is 5.91 Å². The SMILES string of the molecule is CC1CC1C(=O)N1CC2CNCC2C1(C)C. The Morgan fingerprint density at radius 2 is 2.06 bits per heavy atom. The van der Waals surface area contributed by atoms with Crippen molar-refractivity contribution < 1.29 is 4.79 Å². The van der Waals surface area contributed by atoms with Crippen LogP contribution >= 0.6 is 0 Å². The van der Waals surface area contributed by atoms with Crippen molar-refractivity contribution in [3.05, 3.63) is 0 Å². The minimum Gasteiger partial charge on any atom is -0.337 e. The fourth-order valence-corrected chi connectivity index (χ4v) is 3.66. The number of hydrogen-bond donors (Lipinski definition) is 1. The Morgan fingerprint density at radius 1 is 1.38 bits per heavy atom. The Hall–Kier alpha value is -0.570. The normalized spacial score (nSPS) is 44.6. The number of likely N-dealkylation sites (tertiary alicyclic amines) is 1. The lowest BCUT2D eigenvalue weighted by molar-refractivity contribution is -0.136. The molecular formula is C13H22N2O. The molecule has 4 unspecified atom stereocenters. The van der Waals surface area contributed by atoms with E-state index < -0.39 is 0 Å². The standard InChI is InChI=1S/C13H22N2O/c1-8-4-10(8)12(16)15-7-9-5-14-6-11(9)13(15,2)3/h8-11,14H,4-7H2,1-3H3. The summed E-state index contributed by atoms with van der Waals surface area (Å²) in [5.41, 5.74) is 0.0631. The van der Waals surface area contributed by atoms with Gasteiger partial charge in [0.2, 0.25) is 5.91 Å². The summed E-state index contributed by atoms with van der Waals surface area (Å²) in [4.78, 5) is 14.5. The number of amides is 1. The van der Waals surface area contributed by atoms with Gasteiger partial charge in [-0.1, -0.05) is 6.92 Å². The van der Waals surface area contributed by atoms with E-state index in [0.29, 0.717) is 29.6 Å². The third-order valence-electron chi connectivity index (χ3n) is 5.05. The predicted molar refractivity (Wildman–Crippen MR) is 62.9 cm³/mol. The summed E-state index contributed by atoms with van der Waals surface area (Å²) in [6, 6.07) is 0. The minimum absolute atomic E-state index is 0.0631. The zero-order chi connectivity index (χ0) is 11.5. The van der Waals surface area contributed by atoms with Gasteiger partial charge in [-0.05, 0) is 38.0 Å². The molecule has 1 saturated carbocycles. The second kappa shape index (κ2) is 3.22. The van der Waals surface area contributed by atoms with Crippen LogP contribution in [0.25, 0.3) is 0 Å². The van der Waals surface area contributed by atoms with Gasteiger partial charge in [-0.3, -0.25) is 4.79 Å². The molecule has 0 spiro atoms. The van der Waals surface area contributed by atoms with Gasteiger partial charge in [0, 0.05) is 31.1 Å². The number of hydrogen-bond acceptors (Lipinski definition) is 2. The summed E-state index contributed by atoms with van der Waals surface area (Å²) in [6.45, 7) is 9.84. The lowest BCUT2D eigenvalue weighted by atomic mass is 9.85. The first-order chi connectivity index (χ1) is 7.51. The fraction of sp³-hybridized carbons (Fsp3) is 0.923. The molecule has 0 radical (unpaired) electrons. The summed E-state index contributed by atoms with van der Waals surface area (Å²) in [5.74, 6) is 2.73. The molecule has 0 aromatic carbocycles. The van der Waals surface area contributed by atoms with Gasteiger partial charge < -0.3 is 10.2 Å². The highest BCUT2D eigenvalue weighted by atomic mass is 16.2. The second-order valence-electron chi connectivity index (χ2n) is 6.45. The number of rotatable bonds is 1. The van der Waals surface area contributed by atoms with E-state index in [4.69, 9.17) is 0 Å². The average molecular weight is 222 g/mol. The van der Waals surface area contributed by atoms with Crippen LogP contribution in [0.4, 0.5) is 0 Å². The third-order valence-corrected chi connectivity index (χ3v) is 5.05. The molecule has 2 heterocycles. The van der Waals surface area contributed by atoms with Crippen molar-refractivity contribution in [1.29, 1.82) is 0 Å². The van der Waals surface area contributed by atoms with Crippen LogP contribution in [-0.2, 0) is 4.79 Å². The highest BCUT2D eigenvalue weighted by Crippen LogP contribution is 2.46. The van der Waals surface area contributed by atoms with Crippen molar-refractivity contribution in [3.63, 3.8) is 0 Å². The van der Waals surface area contributed by atoms with Crippen LogP contribution in [-0.4, -0.2) is 36.0 Å². The minimum atomic E-state index is 0.0631. The Kier molecular flexibility index (Phi) is 2.13. The Morgan fingerprint density at radius 3 is 2.62 bits per heavy atom. The first kappa shape index (κ1) is 10.6. The van der Waals surface area contributed by atoms with Crippen LogP contribution in [0, 0.1) is 23.7 Å². The van der Waals surface area contributed by atoms with Crippen molar-refractivity contribution in [2.45, 2.75) is 32.7 Å². The lowest BCUT2D eigenvalue weighted by Crippen LogP contribution is -2.48. The molecule has 3 heteroatoms. The van der Waals surface area contributed by atoms with E-state index in [1.165, 1.54) is 0 Å². The molecular weight excluding hydrogens is 200 g/mol. The molecule has 0 aromatic heterocycles. The van der Waals surface area contributed by atoms with E-state index >= 15 is 0 Å². The number of carbonyl (C=O) groups excluding carboxylic acids is 1. The van der Waals surface area contributed by atoms with Gasteiger partial charge in [0.1, 0.15) is 0 Å². The van der Waals surface area contributed by atoms with E-state index in [2.05, 4.69) is 31.0 Å². The first-order valence-electron chi connectivity index (χ1n) is 6.54. The molecule has 1 amide bonds. The summed E-state index contributed by atoms with van der Waals surface area (Å²) in [7, 11) is 0. The quantitative estimate of drug-likeness (QED) is 0.720. The molecule has 1 N–H and O–H groups in total. The number of nitrogens with one attached hydrogen (secondary N) is 1. The average Bonchev–Trinajstić information content (AvgIpc) is 2.70. The van der Waals surface area contributed by atoms with Crippen molar-refractivity contribution in [2.24, 2.45) is 23.7 Å². The number of nitrogens with zero attached hydrogens (tertiary/aromatic N) is 1. The van der Waals surface area contributed by atoms with Crippen LogP contribution in [0.5, 0.6) is 0 Å². The number of fused-ring (bicyclic) bond motifs is 1. The van der Waals surface area contributed by atoms with E-state index in [1.54, 1.807) is 0 Å². The highest BCUT2D eigenvalue weighted by molar-refractivity contribution is 5.82. The van der Waals surface area contributed by atoms with Gasteiger partial charge in [-0.2, -0.15) is 0 Å². The fourth-order valence-electron chi connectivity index (χ4n) is 3.66. The molecule has 3 rings (SSSR count). The van der Waals surface area contributed by atoms with E-state index in [-0.39, 0.29) is 5.54 Å². The van der Waals surface area contributed by atoms with E-state index in [1.807, 2.05) is 0 Å². The van der Waals surface area contributed by atoms with Crippen molar-refractivity contribution in [2.75, 3.05) is 19.6 Å². The lowest BCUT2D eigenvalue weighted by Gasteiger charge is -2.36. The van der Waals surface area contributed by atoms with Gasteiger partial charge in [-0.15, -0.1) is 0 Å². The summed E-state index contributed by atoms with van der Waals surface area (Å²) < 4.78 is 0. The van der Waals surface area contributed by atoms with Crippen LogP contribution in [0.3, 0.4) is 0 Å². The summed E-state index contributed by atoms with van der Waals surface area (Å²) in [6.07, 6.45) is 1.11. The van der Waals surface area contributed by atoms with Gasteiger partial charge in [-0.25, -0.2) is 0 Å². The maximum absolute atomic E-state index is 12.4. The number of carbonyl (C=O) groups is 1. The van der Waals surface area contributed by atoms with Crippen LogP contribution in [0.15, 0.2) is 0 Å². The smallest absolute Gasteiger partial charge is 0.226 e. The Balaban J connectivity index is 1.79. The van der Waals surface area contributed by atoms with Gasteiger partial charge in [0.25, 0.3) is 0 Å². The Labute approximate surface area is 97.6 Å². The second-order valence-corrected chi connectivity index (χ2v) is 6.45. The highest BCUT2D eigenvalue weighted by Gasteiger charge is 2.54. The van der Waals surface area contributed by atoms with Gasteiger partial charge in [0.15, 0.2) is 0 Å². The maximum atomic E-state index is 12.4. The van der Waals surface area contributed by atoms with E-state index in [9.17, 15) is 4.79 Å². The van der Waals surface area contributed by atoms with Crippen LogP contribution < -0.4 is 5.32 Å². The monoisotopic (exact) mass is 222 g/mol. The summed E-state index contributed by atoms with van der Waals surface area (Å²) >= 11 is 0. The van der Waals surface area contributed by atoms with Gasteiger partial charge >= 0.3 is 0 Å². The molecule has 90 valence electrons. The molecule has 3 nitrogen and oxygen atoms in total. The van der Waals surface area contributed by atoms with E-state index in [0.717, 1.165) is 26.1 Å². The molecule has 3 aliphatic rings. The zero-order valence-electron chi connectivity index (χ0n) is 10.5. The summed E-state index contributed by atoms with van der Waals surface area (Å²) in [5, 5.41) is 3.46. The van der Waals surface area contributed by atoms with Crippen LogP contribution in [0.1, 0.15) is 27.2 Å². The molecule has 0 bridgehead atoms. The van der Waals surface area contributed by atoms with Crippen molar-refractivity contribution in [1.82, 2.24) is 10.2 Å². The Bertz CT molecular complexity index is 326. The topological polar surface area (TPSA) is 32.3 Å². The molecule has 3 fully saturated rings. The predicted octanol–water partition coefficient (Wildman–Crippen LogP) is 1.10. The molecule has 2 saturated heterocycles. The van der Waals surface area contributed by atoms with Crippen molar-refractivity contribution in [3.8, 4) is 0 Å². The molecule has 1 aliphatic carbocycles. The molecule has 16 heavy (non-hydrogen) atoms. The zero-order valence-corrected chi connectivity index (χ0v) is 10.5. The molecule has 0 aromatic rings. The maximum Gasteiger partial charge on any atom is 0.226 e.